The number of nitrogens with one attached hydrogen (secondary N) is 1. The first kappa shape index (κ1) is 16.3. The van der Waals surface area contributed by atoms with E-state index in [1.54, 1.807) is 0 Å². The van der Waals surface area contributed by atoms with Crippen molar-refractivity contribution in [3.8, 4) is 0 Å². The molecule has 0 aliphatic heterocycles. The molecule has 124 valence electrons. The zero-order valence-electron chi connectivity index (χ0n) is 13.5. The Labute approximate surface area is 141 Å². The number of carbonyl (C=O) groups is 1. The molecule has 3 aromatic rings. The van der Waals surface area contributed by atoms with Crippen LogP contribution >= 0.6 is 0 Å². The fourth-order valence-electron chi connectivity index (χ4n) is 3.03. The number of carboxylic acids is 1. The SMILES string of the molecule is NCCCC[C@H](Nc1cccc2cc3ccccc3cc12)C(=O)O. The summed E-state index contributed by atoms with van der Waals surface area (Å²) in [6.07, 6.45) is 2.20. The van der Waals surface area contributed by atoms with Crippen LogP contribution in [-0.2, 0) is 4.79 Å². The molecule has 0 radical (unpaired) electrons. The molecule has 0 unspecified atom stereocenters. The number of hydrogen-bond donors (Lipinski definition) is 3. The average Bonchev–Trinajstić information content (AvgIpc) is 2.59. The van der Waals surface area contributed by atoms with Crippen molar-refractivity contribution in [2.75, 3.05) is 11.9 Å². The van der Waals surface area contributed by atoms with Gasteiger partial charge in [-0.15, -0.1) is 0 Å². The summed E-state index contributed by atoms with van der Waals surface area (Å²) < 4.78 is 0. The lowest BCUT2D eigenvalue weighted by Crippen LogP contribution is -2.29. The number of aliphatic carboxylic acids is 1. The second-order valence-corrected chi connectivity index (χ2v) is 6.05. The third kappa shape index (κ3) is 3.49. The molecule has 4 N–H and O–H groups in total. The van der Waals surface area contributed by atoms with Crippen molar-refractivity contribution in [3.05, 3.63) is 54.6 Å². The Morgan fingerprint density at radius 2 is 1.71 bits per heavy atom. The lowest BCUT2D eigenvalue weighted by molar-refractivity contribution is -0.138. The van der Waals surface area contributed by atoms with Gasteiger partial charge in [-0.05, 0) is 60.2 Å². The number of fused-ring (bicyclic) bond motifs is 2. The maximum atomic E-state index is 11.6. The Kier molecular flexibility index (Phi) is 4.96. The molecular weight excluding hydrogens is 300 g/mol. The van der Waals surface area contributed by atoms with Crippen LogP contribution in [0.3, 0.4) is 0 Å². The molecule has 0 aliphatic carbocycles. The first-order valence-electron chi connectivity index (χ1n) is 8.30. The molecule has 24 heavy (non-hydrogen) atoms. The summed E-state index contributed by atoms with van der Waals surface area (Å²) in [4.78, 5) is 11.6. The monoisotopic (exact) mass is 322 g/mol. The molecule has 1 atom stereocenters. The van der Waals surface area contributed by atoms with Gasteiger partial charge in [0.15, 0.2) is 0 Å². The van der Waals surface area contributed by atoms with E-state index in [4.69, 9.17) is 5.73 Å². The van der Waals surface area contributed by atoms with Gasteiger partial charge in [0.1, 0.15) is 6.04 Å². The van der Waals surface area contributed by atoms with Crippen molar-refractivity contribution in [2.45, 2.75) is 25.3 Å². The fourth-order valence-corrected chi connectivity index (χ4v) is 3.03. The summed E-state index contributed by atoms with van der Waals surface area (Å²) in [6, 6.07) is 17.8. The van der Waals surface area contributed by atoms with E-state index >= 15 is 0 Å². The highest BCUT2D eigenvalue weighted by Crippen LogP contribution is 2.29. The van der Waals surface area contributed by atoms with Gasteiger partial charge in [0, 0.05) is 11.1 Å². The van der Waals surface area contributed by atoms with Gasteiger partial charge < -0.3 is 16.2 Å². The standard InChI is InChI=1S/C20H22N2O2/c21-11-4-3-9-19(20(23)24)22-18-10-5-8-16-12-14-6-1-2-7-15(14)13-17(16)18/h1-2,5-8,10,12-13,19,22H,3-4,9,11,21H2,(H,23,24)/t19-/m0/s1. The van der Waals surface area contributed by atoms with Crippen LogP contribution in [0.25, 0.3) is 21.5 Å². The number of nitrogens with two attached hydrogens (primary N) is 1. The van der Waals surface area contributed by atoms with Gasteiger partial charge in [0.25, 0.3) is 0 Å². The highest BCUT2D eigenvalue weighted by atomic mass is 16.4. The lowest BCUT2D eigenvalue weighted by atomic mass is 10.0. The van der Waals surface area contributed by atoms with Crippen LogP contribution in [-0.4, -0.2) is 23.7 Å². The second-order valence-electron chi connectivity index (χ2n) is 6.05. The molecule has 0 saturated carbocycles. The predicted octanol–water partition coefficient (Wildman–Crippen LogP) is 3.99. The Balaban J connectivity index is 1.95. The first-order chi connectivity index (χ1) is 11.7. The smallest absolute Gasteiger partial charge is 0.326 e. The molecule has 4 heteroatoms. The number of carboxylic acid groups (broad SMARTS) is 1. The zero-order chi connectivity index (χ0) is 16.9. The minimum absolute atomic E-state index is 0.566. The zero-order valence-corrected chi connectivity index (χ0v) is 13.5. The van der Waals surface area contributed by atoms with Crippen molar-refractivity contribution in [1.82, 2.24) is 0 Å². The van der Waals surface area contributed by atoms with Crippen molar-refractivity contribution in [2.24, 2.45) is 5.73 Å². The number of unbranched alkanes of at least 4 members (excludes halogenated alkanes) is 1. The van der Waals surface area contributed by atoms with E-state index in [1.807, 2.05) is 24.3 Å². The molecule has 3 rings (SSSR count). The summed E-state index contributed by atoms with van der Waals surface area (Å²) in [5.74, 6) is -0.829. The number of benzene rings is 3. The fraction of sp³-hybridized carbons (Fsp3) is 0.250. The summed E-state index contributed by atoms with van der Waals surface area (Å²) in [5, 5.41) is 17.2. The summed E-state index contributed by atoms with van der Waals surface area (Å²) in [6.45, 7) is 0.590. The van der Waals surface area contributed by atoms with Crippen LogP contribution in [0, 0.1) is 0 Å². The predicted molar refractivity (Wildman–Crippen MR) is 99.4 cm³/mol. The van der Waals surface area contributed by atoms with Crippen LogP contribution in [0.5, 0.6) is 0 Å². The van der Waals surface area contributed by atoms with Gasteiger partial charge in [-0.1, -0.05) is 36.4 Å². The number of anilines is 1. The quantitative estimate of drug-likeness (QED) is 0.454. The van der Waals surface area contributed by atoms with Crippen LogP contribution < -0.4 is 11.1 Å². The van der Waals surface area contributed by atoms with E-state index < -0.39 is 12.0 Å². The molecule has 4 nitrogen and oxygen atoms in total. The molecule has 0 aromatic heterocycles. The Morgan fingerprint density at radius 3 is 2.42 bits per heavy atom. The summed E-state index contributed by atoms with van der Waals surface area (Å²) in [5.41, 5.74) is 6.36. The van der Waals surface area contributed by atoms with E-state index in [-0.39, 0.29) is 0 Å². The summed E-state index contributed by atoms with van der Waals surface area (Å²) in [7, 11) is 0. The van der Waals surface area contributed by atoms with E-state index in [0.29, 0.717) is 13.0 Å². The number of hydrogen-bond acceptors (Lipinski definition) is 3. The maximum Gasteiger partial charge on any atom is 0.326 e. The molecule has 3 aromatic carbocycles. The maximum absolute atomic E-state index is 11.6. The Morgan fingerprint density at radius 1 is 1.00 bits per heavy atom. The van der Waals surface area contributed by atoms with E-state index in [1.165, 1.54) is 5.39 Å². The molecule has 0 aliphatic rings. The van der Waals surface area contributed by atoms with E-state index in [9.17, 15) is 9.90 Å². The van der Waals surface area contributed by atoms with Gasteiger partial charge in [0.05, 0.1) is 0 Å². The van der Waals surface area contributed by atoms with E-state index in [0.717, 1.165) is 34.7 Å². The van der Waals surface area contributed by atoms with Crippen LogP contribution in [0.1, 0.15) is 19.3 Å². The molecule has 0 saturated heterocycles. The van der Waals surface area contributed by atoms with Crippen LogP contribution in [0.2, 0.25) is 0 Å². The first-order valence-corrected chi connectivity index (χ1v) is 8.30. The highest BCUT2D eigenvalue weighted by molar-refractivity contribution is 6.04. The Bertz CT molecular complexity index is 861. The van der Waals surface area contributed by atoms with E-state index in [2.05, 4.69) is 35.6 Å². The third-order valence-corrected chi connectivity index (χ3v) is 4.32. The van der Waals surface area contributed by atoms with Crippen LogP contribution in [0.15, 0.2) is 54.6 Å². The van der Waals surface area contributed by atoms with Crippen molar-refractivity contribution in [1.29, 1.82) is 0 Å². The molecular formula is C20H22N2O2. The van der Waals surface area contributed by atoms with Crippen LogP contribution in [0.4, 0.5) is 5.69 Å². The molecule has 0 amide bonds. The third-order valence-electron chi connectivity index (χ3n) is 4.32. The Hall–Kier alpha value is -2.59. The lowest BCUT2D eigenvalue weighted by Gasteiger charge is -2.17. The summed E-state index contributed by atoms with van der Waals surface area (Å²) >= 11 is 0. The number of rotatable bonds is 7. The van der Waals surface area contributed by atoms with Gasteiger partial charge in [-0.3, -0.25) is 0 Å². The average molecular weight is 322 g/mol. The van der Waals surface area contributed by atoms with Crippen molar-refractivity contribution < 1.29 is 9.90 Å². The van der Waals surface area contributed by atoms with Gasteiger partial charge in [-0.25, -0.2) is 4.79 Å². The van der Waals surface area contributed by atoms with Gasteiger partial charge in [0.2, 0.25) is 0 Å². The molecule has 0 spiro atoms. The van der Waals surface area contributed by atoms with Crippen molar-refractivity contribution >= 4 is 33.2 Å². The minimum atomic E-state index is -0.829. The van der Waals surface area contributed by atoms with Gasteiger partial charge in [-0.2, -0.15) is 0 Å². The molecule has 0 fully saturated rings. The normalized spacial score (nSPS) is 12.4. The van der Waals surface area contributed by atoms with Crippen molar-refractivity contribution in [3.63, 3.8) is 0 Å². The minimum Gasteiger partial charge on any atom is -0.480 e. The second kappa shape index (κ2) is 7.32. The van der Waals surface area contributed by atoms with Gasteiger partial charge >= 0.3 is 5.97 Å². The largest absolute Gasteiger partial charge is 0.480 e. The topological polar surface area (TPSA) is 75.3 Å². The highest BCUT2D eigenvalue weighted by Gasteiger charge is 2.17. The molecule has 0 heterocycles. The molecule has 0 bridgehead atoms.